The highest BCUT2D eigenvalue weighted by Gasteiger charge is 2.20. The molecule has 0 saturated carbocycles. The minimum absolute atomic E-state index is 0.0214. The molecule has 0 aromatic heterocycles. The average molecular weight is 180 g/mol. The first-order valence-electron chi connectivity index (χ1n) is 5.06. The molecular weight excluding hydrogens is 163 g/mol. The van der Waals surface area contributed by atoms with Crippen molar-refractivity contribution in [1.29, 1.82) is 0 Å². The lowest BCUT2D eigenvalue weighted by Crippen LogP contribution is -1.88. The molecule has 0 nitrogen and oxygen atoms in total. The van der Waals surface area contributed by atoms with Crippen LogP contribution in [-0.2, 0) is 6.42 Å². The molecule has 0 amide bonds. The summed E-state index contributed by atoms with van der Waals surface area (Å²) in [4.78, 5) is 0. The Hall–Kier alpha value is -0.850. The zero-order valence-corrected chi connectivity index (χ0v) is 8.60. The maximum Gasteiger partial charge on any atom is 0.126 e. The Morgan fingerprint density at radius 3 is 2.62 bits per heavy atom. The number of benzene rings is 1. The lowest BCUT2D eigenvalue weighted by atomic mass is 10.0. The molecule has 1 aliphatic carbocycles. The third-order valence-electron chi connectivity index (χ3n) is 2.51. The Morgan fingerprint density at radius 2 is 2.00 bits per heavy atom. The van der Waals surface area contributed by atoms with Crippen LogP contribution in [0.1, 0.15) is 44.2 Å². The molecule has 1 unspecified atom stereocenters. The molecule has 0 fully saturated rings. The first kappa shape index (κ1) is 10.2. The van der Waals surface area contributed by atoms with Crippen molar-refractivity contribution in [2.24, 2.45) is 0 Å². The number of hydrogen-bond acceptors (Lipinski definition) is 0. The molecule has 2 rings (SSSR count). The van der Waals surface area contributed by atoms with Crippen molar-refractivity contribution in [2.45, 2.75) is 39.5 Å². The fraction of sp³-hybridized carbons (Fsp3) is 0.500. The van der Waals surface area contributed by atoms with E-state index in [4.69, 9.17) is 0 Å². The van der Waals surface area contributed by atoms with Crippen LogP contribution in [0.15, 0.2) is 18.2 Å². The maximum atomic E-state index is 13.1. The minimum atomic E-state index is -0.0214. The van der Waals surface area contributed by atoms with Crippen LogP contribution >= 0.6 is 0 Å². The SMILES string of the molecule is CC.CC1CCc2c(F)cccc21. The van der Waals surface area contributed by atoms with E-state index in [1.165, 1.54) is 5.56 Å². The fourth-order valence-corrected chi connectivity index (χ4v) is 1.82. The zero-order chi connectivity index (χ0) is 9.84. The van der Waals surface area contributed by atoms with Crippen LogP contribution in [0.4, 0.5) is 4.39 Å². The van der Waals surface area contributed by atoms with Crippen molar-refractivity contribution in [1.82, 2.24) is 0 Å². The van der Waals surface area contributed by atoms with Crippen LogP contribution in [-0.4, -0.2) is 0 Å². The van der Waals surface area contributed by atoms with Crippen LogP contribution in [0, 0.1) is 5.82 Å². The number of halogens is 1. The molecular formula is C12H17F. The smallest absolute Gasteiger partial charge is 0.126 e. The van der Waals surface area contributed by atoms with E-state index in [1.807, 2.05) is 19.9 Å². The first-order valence-corrected chi connectivity index (χ1v) is 5.06. The van der Waals surface area contributed by atoms with Crippen LogP contribution in [0.5, 0.6) is 0 Å². The average Bonchev–Trinajstić information content (AvgIpc) is 2.53. The van der Waals surface area contributed by atoms with Gasteiger partial charge in [-0.2, -0.15) is 0 Å². The lowest BCUT2D eigenvalue weighted by Gasteiger charge is -2.02. The van der Waals surface area contributed by atoms with E-state index in [0.29, 0.717) is 5.92 Å². The Kier molecular flexibility index (Phi) is 3.47. The molecule has 1 heteroatoms. The fourth-order valence-electron chi connectivity index (χ4n) is 1.82. The van der Waals surface area contributed by atoms with Crippen LogP contribution < -0.4 is 0 Å². The molecule has 0 spiro atoms. The molecule has 0 bridgehead atoms. The molecule has 72 valence electrons. The summed E-state index contributed by atoms with van der Waals surface area (Å²) in [7, 11) is 0. The van der Waals surface area contributed by atoms with Crippen molar-refractivity contribution in [3.05, 3.63) is 35.1 Å². The summed E-state index contributed by atoms with van der Waals surface area (Å²) in [5.41, 5.74) is 2.16. The van der Waals surface area contributed by atoms with Crippen LogP contribution in [0.25, 0.3) is 0 Å². The third-order valence-corrected chi connectivity index (χ3v) is 2.51. The van der Waals surface area contributed by atoms with E-state index in [-0.39, 0.29) is 5.82 Å². The largest absolute Gasteiger partial charge is 0.207 e. The molecule has 0 aliphatic heterocycles. The number of fused-ring (bicyclic) bond motifs is 1. The van der Waals surface area contributed by atoms with Gasteiger partial charge in [0.2, 0.25) is 0 Å². The summed E-state index contributed by atoms with van der Waals surface area (Å²) in [6.07, 6.45) is 2.03. The number of hydrogen-bond donors (Lipinski definition) is 0. The number of rotatable bonds is 0. The quantitative estimate of drug-likeness (QED) is 0.568. The highest BCUT2D eigenvalue weighted by Crippen LogP contribution is 2.33. The summed E-state index contributed by atoms with van der Waals surface area (Å²) in [5, 5.41) is 0. The van der Waals surface area contributed by atoms with E-state index in [9.17, 15) is 4.39 Å². The topological polar surface area (TPSA) is 0 Å². The van der Waals surface area contributed by atoms with Crippen molar-refractivity contribution in [3.63, 3.8) is 0 Å². The molecule has 0 radical (unpaired) electrons. The zero-order valence-electron chi connectivity index (χ0n) is 8.60. The molecule has 0 saturated heterocycles. The van der Waals surface area contributed by atoms with Gasteiger partial charge in [-0.25, -0.2) is 4.39 Å². The van der Waals surface area contributed by atoms with E-state index in [2.05, 4.69) is 6.92 Å². The molecule has 1 aromatic rings. The van der Waals surface area contributed by atoms with Gasteiger partial charge in [0.1, 0.15) is 5.82 Å². The predicted octanol–water partition coefficient (Wildman–Crippen LogP) is 3.90. The maximum absolute atomic E-state index is 13.1. The van der Waals surface area contributed by atoms with Gasteiger partial charge in [-0.05, 0) is 36.0 Å². The highest BCUT2D eigenvalue weighted by molar-refractivity contribution is 5.35. The molecule has 1 atom stereocenters. The Morgan fingerprint density at radius 1 is 1.31 bits per heavy atom. The molecule has 0 N–H and O–H groups in total. The van der Waals surface area contributed by atoms with Gasteiger partial charge in [-0.1, -0.05) is 32.9 Å². The van der Waals surface area contributed by atoms with Gasteiger partial charge in [0.05, 0.1) is 0 Å². The van der Waals surface area contributed by atoms with E-state index in [0.717, 1.165) is 18.4 Å². The summed E-state index contributed by atoms with van der Waals surface area (Å²) in [6.45, 7) is 6.16. The van der Waals surface area contributed by atoms with Gasteiger partial charge in [-0.15, -0.1) is 0 Å². The second kappa shape index (κ2) is 4.40. The summed E-state index contributed by atoms with van der Waals surface area (Å²) in [5.74, 6) is 0.535. The highest BCUT2D eigenvalue weighted by atomic mass is 19.1. The van der Waals surface area contributed by atoms with Crippen molar-refractivity contribution >= 4 is 0 Å². The van der Waals surface area contributed by atoms with Gasteiger partial charge < -0.3 is 0 Å². The van der Waals surface area contributed by atoms with Crippen molar-refractivity contribution < 1.29 is 4.39 Å². The summed E-state index contributed by atoms with van der Waals surface area (Å²) >= 11 is 0. The third kappa shape index (κ3) is 1.90. The van der Waals surface area contributed by atoms with Crippen LogP contribution in [0.2, 0.25) is 0 Å². The first-order chi connectivity index (χ1) is 6.29. The van der Waals surface area contributed by atoms with Crippen LogP contribution in [0.3, 0.4) is 0 Å². The minimum Gasteiger partial charge on any atom is -0.207 e. The molecule has 0 heterocycles. The Labute approximate surface area is 79.8 Å². The molecule has 1 aliphatic rings. The van der Waals surface area contributed by atoms with Gasteiger partial charge in [0.15, 0.2) is 0 Å². The van der Waals surface area contributed by atoms with Gasteiger partial charge in [-0.3, -0.25) is 0 Å². The summed E-state index contributed by atoms with van der Waals surface area (Å²) < 4.78 is 13.1. The second-order valence-corrected chi connectivity index (χ2v) is 3.25. The standard InChI is InChI=1S/C10H11F.C2H6/c1-7-5-6-9-8(7)3-2-4-10(9)11;1-2/h2-4,7H,5-6H2,1H3;1-2H3. The summed E-state index contributed by atoms with van der Waals surface area (Å²) in [6, 6.07) is 5.39. The second-order valence-electron chi connectivity index (χ2n) is 3.25. The van der Waals surface area contributed by atoms with Gasteiger partial charge in [0.25, 0.3) is 0 Å². The van der Waals surface area contributed by atoms with Crippen molar-refractivity contribution in [2.75, 3.05) is 0 Å². The Bertz CT molecular complexity index is 278. The Balaban J connectivity index is 0.000000396. The van der Waals surface area contributed by atoms with Gasteiger partial charge >= 0.3 is 0 Å². The van der Waals surface area contributed by atoms with E-state index in [1.54, 1.807) is 12.1 Å². The molecule has 1 aromatic carbocycles. The lowest BCUT2D eigenvalue weighted by molar-refractivity contribution is 0.612. The molecule has 13 heavy (non-hydrogen) atoms. The normalized spacial score (nSPS) is 18.9. The van der Waals surface area contributed by atoms with Gasteiger partial charge in [0, 0.05) is 0 Å². The monoisotopic (exact) mass is 180 g/mol. The van der Waals surface area contributed by atoms with Crippen molar-refractivity contribution in [3.8, 4) is 0 Å². The van der Waals surface area contributed by atoms with E-state index < -0.39 is 0 Å². The predicted molar refractivity (Wildman–Crippen MR) is 54.5 cm³/mol. The van der Waals surface area contributed by atoms with E-state index >= 15 is 0 Å².